The molecule has 1 heteroatoms. The van der Waals surface area contributed by atoms with Crippen molar-refractivity contribution < 1.29 is 4.58 Å². The largest absolute Gasteiger partial charge is 0.235 e. The molecule has 0 aromatic heterocycles. The first-order chi connectivity index (χ1) is 9.70. The highest BCUT2D eigenvalue weighted by molar-refractivity contribution is 5.15. The second kappa shape index (κ2) is 7.61. The van der Waals surface area contributed by atoms with E-state index in [9.17, 15) is 0 Å². The quantitative estimate of drug-likeness (QED) is 0.304. The molecule has 1 fully saturated rings. The van der Waals surface area contributed by atoms with Gasteiger partial charge in [0, 0.05) is 11.8 Å². The zero-order valence-electron chi connectivity index (χ0n) is 15.4. The first kappa shape index (κ1) is 18.5. The van der Waals surface area contributed by atoms with Crippen molar-refractivity contribution >= 4 is 6.72 Å². The summed E-state index contributed by atoms with van der Waals surface area (Å²) in [5.74, 6) is 3.33. The Morgan fingerprint density at radius 1 is 1.24 bits per heavy atom. The van der Waals surface area contributed by atoms with Crippen LogP contribution in [0.4, 0.5) is 0 Å². The van der Waals surface area contributed by atoms with Crippen LogP contribution in [0.1, 0.15) is 67.2 Å². The minimum Gasteiger partial charge on any atom is -0.235 e. The topological polar surface area (TPSA) is 3.01 Å². The molecule has 5 unspecified atom stereocenters. The van der Waals surface area contributed by atoms with Gasteiger partial charge in [-0.3, -0.25) is 0 Å². The molecule has 0 aromatic carbocycles. The van der Waals surface area contributed by atoms with E-state index in [2.05, 4.69) is 65.5 Å². The predicted molar refractivity (Wildman–Crippen MR) is 95.1 cm³/mol. The molecule has 0 amide bonds. The Morgan fingerprint density at radius 3 is 2.29 bits per heavy atom. The van der Waals surface area contributed by atoms with E-state index < -0.39 is 0 Å². The first-order valence-electron chi connectivity index (χ1n) is 8.90. The zero-order valence-corrected chi connectivity index (χ0v) is 15.4. The normalized spacial score (nSPS) is 26.0. The molecule has 0 aromatic rings. The summed E-state index contributed by atoms with van der Waals surface area (Å²) in [6.07, 6.45) is 7.66. The maximum Gasteiger partial charge on any atom is 0.172 e. The lowest BCUT2D eigenvalue weighted by Crippen LogP contribution is -2.36. The van der Waals surface area contributed by atoms with Crippen LogP contribution in [0.5, 0.6) is 0 Å². The van der Waals surface area contributed by atoms with Gasteiger partial charge < -0.3 is 0 Å². The third-order valence-corrected chi connectivity index (χ3v) is 5.82. The average Bonchev–Trinajstić information content (AvgIpc) is 3.14. The molecule has 0 bridgehead atoms. The molecule has 21 heavy (non-hydrogen) atoms. The molecular weight excluding hydrogens is 254 g/mol. The van der Waals surface area contributed by atoms with E-state index in [4.69, 9.17) is 0 Å². The molecule has 1 aliphatic carbocycles. The van der Waals surface area contributed by atoms with Crippen molar-refractivity contribution in [2.24, 2.45) is 29.1 Å². The molecule has 122 valence electrons. The smallest absolute Gasteiger partial charge is 0.172 e. The van der Waals surface area contributed by atoms with Crippen molar-refractivity contribution in [3.63, 3.8) is 0 Å². The summed E-state index contributed by atoms with van der Waals surface area (Å²) in [5, 5.41) is 0. The highest BCUT2D eigenvalue weighted by Gasteiger charge is 2.36. The van der Waals surface area contributed by atoms with Gasteiger partial charge >= 0.3 is 0 Å². The van der Waals surface area contributed by atoms with Gasteiger partial charge in [0.05, 0.1) is 0 Å². The Morgan fingerprint density at radius 2 is 1.86 bits per heavy atom. The fourth-order valence-electron chi connectivity index (χ4n) is 3.30. The Hall–Kier alpha value is -0.590. The second-order valence-corrected chi connectivity index (χ2v) is 8.48. The second-order valence-electron chi connectivity index (χ2n) is 8.48. The molecule has 1 nitrogen and oxygen atoms in total. The van der Waals surface area contributed by atoms with Crippen LogP contribution >= 0.6 is 0 Å². The van der Waals surface area contributed by atoms with Gasteiger partial charge in [0.2, 0.25) is 0 Å². The maximum absolute atomic E-state index is 4.32. The molecule has 0 spiro atoms. The summed E-state index contributed by atoms with van der Waals surface area (Å²) in [6, 6.07) is 0.411. The summed E-state index contributed by atoms with van der Waals surface area (Å²) in [4.78, 5) is 0. The molecule has 1 saturated carbocycles. The highest BCUT2D eigenvalue weighted by atomic mass is 15.0. The standard InChI is InChI=1S/C20H38N/c1-9-17-13-18(17)12-11-15(3)19(10-2)21(8)14-16(4)20(5,6)7/h10,15-19H,2,8-9,11-14H2,1,3-7H3/q+1. The van der Waals surface area contributed by atoms with Crippen LogP contribution in [-0.4, -0.2) is 23.9 Å². The molecular formula is C20H38N+. The van der Waals surface area contributed by atoms with E-state index in [1.807, 2.05) is 0 Å². The van der Waals surface area contributed by atoms with Gasteiger partial charge in [-0.1, -0.05) is 54.5 Å². The zero-order chi connectivity index (χ0) is 16.2. The van der Waals surface area contributed by atoms with Crippen LogP contribution in [0.3, 0.4) is 0 Å². The van der Waals surface area contributed by atoms with Crippen LogP contribution in [0.25, 0.3) is 0 Å². The molecule has 0 heterocycles. The molecule has 1 aliphatic rings. The van der Waals surface area contributed by atoms with Gasteiger partial charge in [0.1, 0.15) is 13.3 Å². The Bertz CT molecular complexity index is 349. The Balaban J connectivity index is 2.45. The third kappa shape index (κ3) is 5.60. The lowest BCUT2D eigenvalue weighted by atomic mass is 9.81. The van der Waals surface area contributed by atoms with E-state index >= 15 is 0 Å². The lowest BCUT2D eigenvalue weighted by molar-refractivity contribution is -0.563. The van der Waals surface area contributed by atoms with Gasteiger partial charge in [-0.15, -0.1) is 0 Å². The maximum atomic E-state index is 4.32. The molecule has 5 atom stereocenters. The molecule has 0 saturated heterocycles. The van der Waals surface area contributed by atoms with Crippen molar-refractivity contribution in [3.8, 4) is 0 Å². The number of nitrogens with zero attached hydrogens (tertiary/aromatic N) is 1. The van der Waals surface area contributed by atoms with Crippen LogP contribution in [0.2, 0.25) is 0 Å². The molecule has 0 radical (unpaired) electrons. The summed E-state index contributed by atoms with van der Waals surface area (Å²) >= 11 is 0. The summed E-state index contributed by atoms with van der Waals surface area (Å²) in [7, 11) is 0. The predicted octanol–water partition coefficient (Wildman–Crippen LogP) is 5.40. The van der Waals surface area contributed by atoms with Crippen LogP contribution in [-0.2, 0) is 0 Å². The SMILES string of the molecule is C=CC(C(C)CCC1CC1CC)[N+](=C)CC(C)C(C)(C)C. The van der Waals surface area contributed by atoms with Crippen molar-refractivity contribution in [1.82, 2.24) is 0 Å². The summed E-state index contributed by atoms with van der Waals surface area (Å²) in [5.41, 5.74) is 0.341. The number of hydrogen-bond donors (Lipinski definition) is 0. The third-order valence-electron chi connectivity index (χ3n) is 5.82. The van der Waals surface area contributed by atoms with Gasteiger partial charge in [-0.2, -0.15) is 0 Å². The van der Waals surface area contributed by atoms with E-state index in [0.29, 0.717) is 23.3 Å². The van der Waals surface area contributed by atoms with Crippen LogP contribution in [0, 0.1) is 29.1 Å². The Kier molecular flexibility index (Phi) is 6.69. The van der Waals surface area contributed by atoms with E-state index in [0.717, 1.165) is 18.4 Å². The lowest BCUT2D eigenvalue weighted by Gasteiger charge is -2.28. The van der Waals surface area contributed by atoms with Crippen LogP contribution in [0.15, 0.2) is 12.7 Å². The fraction of sp³-hybridized carbons (Fsp3) is 0.850. The molecule has 0 aliphatic heterocycles. The number of rotatable bonds is 9. The highest BCUT2D eigenvalue weighted by Crippen LogP contribution is 2.45. The van der Waals surface area contributed by atoms with Gasteiger partial charge in [0.15, 0.2) is 6.04 Å². The minimum atomic E-state index is 0.341. The summed E-state index contributed by atoms with van der Waals surface area (Å²) in [6.45, 7) is 23.4. The van der Waals surface area contributed by atoms with Crippen molar-refractivity contribution in [2.75, 3.05) is 6.54 Å². The van der Waals surface area contributed by atoms with Gasteiger partial charge in [0.25, 0.3) is 0 Å². The first-order valence-corrected chi connectivity index (χ1v) is 8.90. The Labute approximate surface area is 133 Å². The van der Waals surface area contributed by atoms with Crippen molar-refractivity contribution in [1.29, 1.82) is 0 Å². The van der Waals surface area contributed by atoms with E-state index in [1.165, 1.54) is 25.7 Å². The minimum absolute atomic E-state index is 0.341. The monoisotopic (exact) mass is 292 g/mol. The van der Waals surface area contributed by atoms with E-state index in [1.54, 1.807) is 0 Å². The van der Waals surface area contributed by atoms with Crippen LogP contribution < -0.4 is 0 Å². The van der Waals surface area contributed by atoms with Gasteiger partial charge in [-0.25, -0.2) is 4.58 Å². The average molecular weight is 293 g/mol. The van der Waals surface area contributed by atoms with Gasteiger partial charge in [-0.05, 0) is 42.6 Å². The fourth-order valence-corrected chi connectivity index (χ4v) is 3.30. The molecule has 0 N–H and O–H groups in total. The van der Waals surface area contributed by atoms with Crippen molar-refractivity contribution in [2.45, 2.75) is 73.3 Å². The van der Waals surface area contributed by atoms with E-state index in [-0.39, 0.29) is 0 Å². The molecule has 1 rings (SSSR count). The number of hydrogen-bond acceptors (Lipinski definition) is 0. The van der Waals surface area contributed by atoms with Crippen molar-refractivity contribution in [3.05, 3.63) is 12.7 Å². The summed E-state index contributed by atoms with van der Waals surface area (Å²) < 4.78 is 2.28.